The van der Waals surface area contributed by atoms with E-state index in [1.54, 1.807) is 38.2 Å². The van der Waals surface area contributed by atoms with Gasteiger partial charge in [-0.1, -0.05) is 0 Å². The quantitative estimate of drug-likeness (QED) is 0.647. The molecule has 21 heavy (non-hydrogen) atoms. The number of aromatic nitrogens is 1. The summed E-state index contributed by atoms with van der Waals surface area (Å²) in [5.41, 5.74) is 0.0441. The topological polar surface area (TPSA) is 105 Å². The molecular weight excluding hydrogens is 274 g/mol. The van der Waals surface area contributed by atoms with E-state index in [0.29, 0.717) is 16.6 Å². The number of anilines is 1. The monoisotopic (exact) mass is 289 g/mol. The van der Waals surface area contributed by atoms with Crippen LogP contribution in [0, 0.1) is 15.5 Å². The van der Waals surface area contributed by atoms with Gasteiger partial charge in [0.2, 0.25) is 0 Å². The third kappa shape index (κ3) is 2.91. The molecule has 0 atom stereocenters. The van der Waals surface area contributed by atoms with E-state index in [2.05, 4.69) is 10.3 Å². The number of hydrogen-bond acceptors (Lipinski definition) is 5. The lowest BCUT2D eigenvalue weighted by Crippen LogP contribution is -2.31. The number of pyridine rings is 1. The van der Waals surface area contributed by atoms with Gasteiger partial charge in [0.15, 0.2) is 0 Å². The maximum atomic E-state index is 11.1. The minimum Gasteiger partial charge on any atom is -0.481 e. The van der Waals surface area contributed by atoms with E-state index in [4.69, 9.17) is 5.11 Å². The smallest absolute Gasteiger partial charge is 0.310 e. The van der Waals surface area contributed by atoms with Gasteiger partial charge in [-0.25, -0.2) is 0 Å². The van der Waals surface area contributed by atoms with E-state index < -0.39 is 16.3 Å². The first-order valence-corrected chi connectivity index (χ1v) is 6.32. The van der Waals surface area contributed by atoms with E-state index in [1.807, 2.05) is 0 Å². The Morgan fingerprint density at radius 3 is 2.76 bits per heavy atom. The summed E-state index contributed by atoms with van der Waals surface area (Å²) in [4.78, 5) is 25.8. The van der Waals surface area contributed by atoms with Crippen LogP contribution in [0.5, 0.6) is 0 Å². The molecule has 0 radical (unpaired) electrons. The molecule has 0 aliphatic carbocycles. The van der Waals surface area contributed by atoms with E-state index in [9.17, 15) is 14.9 Å². The minimum atomic E-state index is -0.955. The van der Waals surface area contributed by atoms with Crippen LogP contribution < -0.4 is 5.32 Å². The standard InChI is InChI=1S/C14H15N3O4/c1-14(2,13(18)19)8-16-10-5-6-11(17(20)21)9-4-3-7-15-12(9)10/h3-7,16H,8H2,1-2H3,(H,18,19). The number of benzene rings is 1. The SMILES string of the molecule is CC(C)(CNc1ccc([N+](=O)[O-])c2cccnc12)C(=O)O. The molecule has 0 saturated carbocycles. The van der Waals surface area contributed by atoms with E-state index in [0.717, 1.165) is 0 Å². The third-order valence-electron chi connectivity index (χ3n) is 3.24. The number of aliphatic carboxylic acids is 1. The van der Waals surface area contributed by atoms with Crippen LogP contribution in [0.1, 0.15) is 13.8 Å². The Morgan fingerprint density at radius 2 is 2.14 bits per heavy atom. The fraction of sp³-hybridized carbons (Fsp3) is 0.286. The van der Waals surface area contributed by atoms with Gasteiger partial charge in [-0.05, 0) is 32.0 Å². The maximum Gasteiger partial charge on any atom is 0.310 e. The predicted octanol–water partition coefficient (Wildman–Crippen LogP) is 2.67. The van der Waals surface area contributed by atoms with Gasteiger partial charge in [0.1, 0.15) is 5.52 Å². The van der Waals surface area contributed by atoms with Gasteiger partial charge in [-0.3, -0.25) is 19.9 Å². The zero-order chi connectivity index (χ0) is 15.6. The van der Waals surface area contributed by atoms with Crippen LogP contribution in [0.15, 0.2) is 30.5 Å². The molecule has 0 saturated heterocycles. The number of fused-ring (bicyclic) bond motifs is 1. The van der Waals surface area contributed by atoms with Crippen LogP contribution in [0.2, 0.25) is 0 Å². The number of hydrogen-bond donors (Lipinski definition) is 2. The molecule has 0 amide bonds. The molecule has 0 aliphatic rings. The molecule has 0 aliphatic heterocycles. The normalized spacial score (nSPS) is 11.3. The summed E-state index contributed by atoms with van der Waals surface area (Å²) in [6.07, 6.45) is 1.54. The molecule has 2 aromatic rings. The second-order valence-corrected chi connectivity index (χ2v) is 5.33. The first kappa shape index (κ1) is 14.7. The fourth-order valence-electron chi connectivity index (χ4n) is 1.85. The van der Waals surface area contributed by atoms with Gasteiger partial charge in [-0.15, -0.1) is 0 Å². The Hall–Kier alpha value is -2.70. The van der Waals surface area contributed by atoms with Crippen LogP contribution in [0.3, 0.4) is 0 Å². The molecular formula is C14H15N3O4. The number of rotatable bonds is 5. The lowest BCUT2D eigenvalue weighted by Gasteiger charge is -2.20. The largest absolute Gasteiger partial charge is 0.481 e. The number of carbonyl (C=O) groups is 1. The molecule has 0 spiro atoms. The average Bonchev–Trinajstić information content (AvgIpc) is 2.44. The summed E-state index contributed by atoms with van der Waals surface area (Å²) in [6, 6.07) is 6.18. The van der Waals surface area contributed by atoms with Gasteiger partial charge in [0, 0.05) is 18.8 Å². The highest BCUT2D eigenvalue weighted by molar-refractivity contribution is 5.96. The number of nitrogens with zero attached hydrogens (tertiary/aromatic N) is 2. The fourth-order valence-corrected chi connectivity index (χ4v) is 1.85. The van der Waals surface area contributed by atoms with Crippen molar-refractivity contribution >= 4 is 28.2 Å². The van der Waals surface area contributed by atoms with Gasteiger partial charge in [-0.2, -0.15) is 0 Å². The Kier molecular flexibility index (Phi) is 3.75. The molecule has 0 unspecified atom stereocenters. The number of nitro benzene ring substituents is 1. The van der Waals surface area contributed by atoms with Crippen molar-refractivity contribution in [2.45, 2.75) is 13.8 Å². The summed E-state index contributed by atoms with van der Waals surface area (Å²) in [5, 5.41) is 23.5. The number of carboxylic acids is 1. The summed E-state index contributed by atoms with van der Waals surface area (Å²) in [6.45, 7) is 3.39. The highest BCUT2D eigenvalue weighted by Gasteiger charge is 2.27. The van der Waals surface area contributed by atoms with Crippen LogP contribution in [-0.4, -0.2) is 27.5 Å². The van der Waals surface area contributed by atoms with Gasteiger partial charge >= 0.3 is 5.97 Å². The highest BCUT2D eigenvalue weighted by Crippen LogP contribution is 2.30. The van der Waals surface area contributed by atoms with Crippen molar-refractivity contribution in [1.82, 2.24) is 4.98 Å². The molecule has 1 aromatic heterocycles. The number of non-ortho nitro benzene ring substituents is 1. The van der Waals surface area contributed by atoms with Crippen molar-refractivity contribution in [3.63, 3.8) is 0 Å². The lowest BCUT2D eigenvalue weighted by molar-refractivity contribution is -0.383. The summed E-state index contributed by atoms with van der Waals surface area (Å²) in [5.74, 6) is -0.922. The lowest BCUT2D eigenvalue weighted by atomic mass is 9.94. The van der Waals surface area contributed by atoms with Crippen LogP contribution >= 0.6 is 0 Å². The molecule has 0 fully saturated rings. The second kappa shape index (κ2) is 5.35. The molecule has 2 rings (SSSR count). The summed E-state index contributed by atoms with van der Waals surface area (Å²) >= 11 is 0. The van der Waals surface area contributed by atoms with Crippen molar-refractivity contribution in [3.05, 3.63) is 40.6 Å². The Morgan fingerprint density at radius 1 is 1.43 bits per heavy atom. The van der Waals surface area contributed by atoms with Crippen molar-refractivity contribution in [3.8, 4) is 0 Å². The van der Waals surface area contributed by atoms with Gasteiger partial charge in [0.05, 0.1) is 21.4 Å². The van der Waals surface area contributed by atoms with Crippen LogP contribution in [0.4, 0.5) is 11.4 Å². The number of nitro groups is 1. The Bertz CT molecular complexity index is 712. The van der Waals surface area contributed by atoms with E-state index in [1.165, 1.54) is 6.07 Å². The van der Waals surface area contributed by atoms with Gasteiger partial charge < -0.3 is 10.4 Å². The summed E-state index contributed by atoms with van der Waals surface area (Å²) in [7, 11) is 0. The zero-order valence-corrected chi connectivity index (χ0v) is 11.7. The Balaban J connectivity index is 2.40. The predicted molar refractivity (Wildman–Crippen MR) is 78.3 cm³/mol. The van der Waals surface area contributed by atoms with Crippen molar-refractivity contribution in [2.24, 2.45) is 5.41 Å². The van der Waals surface area contributed by atoms with E-state index in [-0.39, 0.29) is 12.2 Å². The highest BCUT2D eigenvalue weighted by atomic mass is 16.6. The van der Waals surface area contributed by atoms with Crippen LogP contribution in [0.25, 0.3) is 10.9 Å². The second-order valence-electron chi connectivity index (χ2n) is 5.33. The molecule has 0 bridgehead atoms. The molecule has 110 valence electrons. The zero-order valence-electron chi connectivity index (χ0n) is 11.7. The minimum absolute atomic E-state index is 0.0267. The average molecular weight is 289 g/mol. The number of carboxylic acid groups (broad SMARTS) is 1. The summed E-state index contributed by atoms with van der Waals surface area (Å²) < 4.78 is 0. The first-order valence-electron chi connectivity index (χ1n) is 6.32. The molecule has 1 heterocycles. The maximum absolute atomic E-state index is 11.1. The van der Waals surface area contributed by atoms with Crippen molar-refractivity contribution in [2.75, 3.05) is 11.9 Å². The number of nitrogens with one attached hydrogen (secondary N) is 1. The van der Waals surface area contributed by atoms with E-state index >= 15 is 0 Å². The first-order chi connectivity index (χ1) is 9.83. The molecule has 2 N–H and O–H groups in total. The Labute approximate surface area is 120 Å². The van der Waals surface area contributed by atoms with Crippen molar-refractivity contribution < 1.29 is 14.8 Å². The van der Waals surface area contributed by atoms with Crippen molar-refractivity contribution in [1.29, 1.82) is 0 Å². The third-order valence-corrected chi connectivity index (χ3v) is 3.24. The molecule has 7 heteroatoms. The molecule has 1 aromatic carbocycles. The molecule has 7 nitrogen and oxygen atoms in total. The van der Waals surface area contributed by atoms with Crippen LogP contribution in [-0.2, 0) is 4.79 Å². The van der Waals surface area contributed by atoms with Gasteiger partial charge in [0.25, 0.3) is 5.69 Å².